The van der Waals surface area contributed by atoms with Gasteiger partial charge in [0.1, 0.15) is 9.84 Å². The van der Waals surface area contributed by atoms with Gasteiger partial charge in [-0.2, -0.15) is 22.0 Å². The lowest BCUT2D eigenvalue weighted by Gasteiger charge is -2.55. The van der Waals surface area contributed by atoms with Crippen LogP contribution >= 0.6 is 0 Å². The van der Waals surface area contributed by atoms with Crippen LogP contribution in [-0.2, 0) is 39.0 Å². The van der Waals surface area contributed by atoms with Crippen LogP contribution in [0.5, 0.6) is 0 Å². The fraction of sp³-hybridized carbons (Fsp3) is 0.882. The zero-order valence-electron chi connectivity index (χ0n) is 17.4. The van der Waals surface area contributed by atoms with Gasteiger partial charge in [0.2, 0.25) is 0 Å². The fourth-order valence-electron chi connectivity index (χ4n) is 5.84. The van der Waals surface area contributed by atoms with Gasteiger partial charge in [0, 0.05) is 16.4 Å². The van der Waals surface area contributed by atoms with E-state index in [1.165, 1.54) is 0 Å². The summed E-state index contributed by atoms with van der Waals surface area (Å²) in [4.78, 5) is 12.8. The lowest BCUT2D eigenvalue weighted by molar-refractivity contribution is -0.265. The normalized spacial score (nSPS) is 31.6. The molecule has 8 nitrogen and oxygen atoms in total. The Hall–Kier alpha value is -1.03. The quantitative estimate of drug-likeness (QED) is 0.271. The first-order valence-corrected chi connectivity index (χ1v) is 15.1. The Morgan fingerprint density at radius 1 is 0.848 bits per heavy atom. The third-order valence-corrected chi connectivity index (χ3v) is 14.0. The van der Waals surface area contributed by atoms with Crippen molar-refractivity contribution in [2.45, 2.75) is 56.1 Å². The molecule has 192 valence electrons. The third kappa shape index (κ3) is 4.62. The van der Waals surface area contributed by atoms with E-state index >= 15 is 0 Å². The van der Waals surface area contributed by atoms with Crippen LogP contribution in [0.25, 0.3) is 0 Å². The molecule has 0 aromatic heterocycles. The lowest BCUT2D eigenvalue weighted by atomic mass is 9.49. The van der Waals surface area contributed by atoms with E-state index in [9.17, 15) is 52.0 Å². The molecular formula is C17H22F5O8S3-. The Morgan fingerprint density at radius 2 is 1.21 bits per heavy atom. The fourth-order valence-corrected chi connectivity index (χ4v) is 12.6. The molecule has 0 spiro atoms. The second-order valence-corrected chi connectivity index (χ2v) is 16.0. The minimum atomic E-state index is -6.99. The standard InChI is InChI=1S/C17H22F5O8S3/c1-31(24,25)14(32(2,26)27)33(28,29)17(21,22)12(16(18,19)20)30-13(23)15-6-9-3-10(7-15)5-11(4-9)8-15/h9-12H,3-8H2,1-2H3/q-1. The van der Waals surface area contributed by atoms with Crippen molar-refractivity contribution in [1.82, 2.24) is 0 Å². The Balaban J connectivity index is 2.01. The highest BCUT2D eigenvalue weighted by Gasteiger charge is 2.67. The molecule has 33 heavy (non-hydrogen) atoms. The molecule has 16 heteroatoms. The molecule has 0 aromatic carbocycles. The number of hydrogen-bond donors (Lipinski definition) is 0. The van der Waals surface area contributed by atoms with E-state index < -0.39 is 62.3 Å². The Morgan fingerprint density at radius 3 is 1.52 bits per heavy atom. The first-order valence-electron chi connectivity index (χ1n) is 9.78. The molecule has 0 aromatic rings. The van der Waals surface area contributed by atoms with E-state index in [4.69, 9.17) is 0 Å². The van der Waals surface area contributed by atoms with Gasteiger partial charge in [0.25, 0.3) is 6.10 Å². The molecule has 4 rings (SSSR count). The van der Waals surface area contributed by atoms with Crippen molar-refractivity contribution in [1.29, 1.82) is 0 Å². The maximum absolute atomic E-state index is 14.9. The zero-order chi connectivity index (χ0) is 25.4. The topological polar surface area (TPSA) is 129 Å². The molecule has 1 atom stereocenters. The van der Waals surface area contributed by atoms with Gasteiger partial charge in [-0.1, -0.05) is 0 Å². The highest BCUT2D eigenvalue weighted by Crippen LogP contribution is 2.61. The van der Waals surface area contributed by atoms with Crippen molar-refractivity contribution < 1.29 is 56.7 Å². The number of rotatable bonds is 7. The summed E-state index contributed by atoms with van der Waals surface area (Å²) in [5, 5.41) is -6.13. The van der Waals surface area contributed by atoms with Crippen molar-refractivity contribution in [2.24, 2.45) is 23.2 Å². The number of carbonyl (C=O) groups is 1. The summed E-state index contributed by atoms with van der Waals surface area (Å²) in [5.74, 6) is -1.62. The Bertz CT molecular complexity index is 1070. The zero-order valence-corrected chi connectivity index (χ0v) is 19.9. The second-order valence-electron chi connectivity index (χ2n) is 9.38. The maximum Gasteiger partial charge on any atom is 0.432 e. The van der Waals surface area contributed by atoms with Gasteiger partial charge in [0.05, 0.1) is 25.1 Å². The van der Waals surface area contributed by atoms with Gasteiger partial charge in [0.15, 0.2) is 0 Å². The summed E-state index contributed by atoms with van der Waals surface area (Å²) in [6.07, 6.45) is -8.27. The van der Waals surface area contributed by atoms with Crippen LogP contribution in [0.4, 0.5) is 22.0 Å². The molecule has 1 unspecified atom stereocenters. The predicted octanol–water partition coefficient (Wildman–Crippen LogP) is 2.22. The average Bonchev–Trinajstić information content (AvgIpc) is 2.53. The highest BCUT2D eigenvalue weighted by molar-refractivity contribution is 8.28. The molecular weight excluding hydrogens is 523 g/mol. The summed E-state index contributed by atoms with van der Waals surface area (Å²) in [7, 11) is -17.9. The number of carbonyl (C=O) groups excluding carboxylic acids is 1. The van der Waals surface area contributed by atoms with E-state index in [2.05, 4.69) is 4.74 Å². The van der Waals surface area contributed by atoms with Gasteiger partial charge >= 0.3 is 17.4 Å². The number of hydrogen-bond acceptors (Lipinski definition) is 8. The summed E-state index contributed by atoms with van der Waals surface area (Å²) in [6.45, 7) is 0. The summed E-state index contributed by atoms with van der Waals surface area (Å²) < 4.78 is 143. The summed E-state index contributed by atoms with van der Waals surface area (Å²) >= 11 is 0. The predicted molar refractivity (Wildman–Crippen MR) is 103 cm³/mol. The molecule has 0 amide bonds. The van der Waals surface area contributed by atoms with Crippen LogP contribution in [0.2, 0.25) is 0 Å². The van der Waals surface area contributed by atoms with Gasteiger partial charge < -0.3 is 4.74 Å². The van der Waals surface area contributed by atoms with Gasteiger partial charge in [-0.15, -0.1) is 0 Å². The molecule has 4 saturated carbocycles. The largest absolute Gasteiger partial charge is 0.445 e. The maximum atomic E-state index is 14.9. The number of sulfone groups is 3. The number of ether oxygens (including phenoxy) is 1. The highest BCUT2D eigenvalue weighted by atomic mass is 32.3. The third-order valence-electron chi connectivity index (χ3n) is 6.48. The van der Waals surface area contributed by atoms with Crippen molar-refractivity contribution in [2.75, 3.05) is 12.5 Å². The summed E-state index contributed by atoms with van der Waals surface area (Å²) in [6, 6.07) is 0. The average molecular weight is 546 g/mol. The van der Waals surface area contributed by atoms with E-state index in [-0.39, 0.29) is 49.5 Å². The minimum Gasteiger partial charge on any atom is -0.445 e. The van der Waals surface area contributed by atoms with Crippen molar-refractivity contribution >= 4 is 35.5 Å². The molecule has 4 fully saturated rings. The number of esters is 1. The smallest absolute Gasteiger partial charge is 0.432 e. The SMILES string of the molecule is CS(=O)(=O)[C-](S(C)(=O)=O)S(=O)(=O)C(F)(F)C(OC(=O)C12CC3CC(CC(C3)C1)C2)C(F)(F)F. The molecule has 0 saturated heterocycles. The van der Waals surface area contributed by atoms with Crippen LogP contribution in [0.3, 0.4) is 0 Å². The monoisotopic (exact) mass is 545 g/mol. The molecule has 0 radical (unpaired) electrons. The van der Waals surface area contributed by atoms with Crippen LogP contribution < -0.4 is 0 Å². The van der Waals surface area contributed by atoms with Crippen LogP contribution in [-0.4, -0.2) is 61.3 Å². The van der Waals surface area contributed by atoms with Crippen LogP contribution in [0, 0.1) is 27.1 Å². The lowest BCUT2D eigenvalue weighted by Crippen LogP contribution is -2.57. The van der Waals surface area contributed by atoms with Crippen molar-refractivity contribution in [3.8, 4) is 0 Å². The van der Waals surface area contributed by atoms with E-state index in [0.29, 0.717) is 0 Å². The first-order chi connectivity index (χ1) is 14.6. The van der Waals surface area contributed by atoms with Crippen molar-refractivity contribution in [3.05, 3.63) is 3.91 Å². The molecule has 0 heterocycles. The molecule has 4 aliphatic rings. The summed E-state index contributed by atoms with van der Waals surface area (Å²) in [5.41, 5.74) is -1.47. The molecule has 4 aliphatic carbocycles. The molecule has 4 bridgehead atoms. The molecule has 0 N–H and O–H groups in total. The number of alkyl halides is 5. The van der Waals surface area contributed by atoms with E-state index in [0.717, 1.165) is 19.3 Å². The van der Waals surface area contributed by atoms with Crippen molar-refractivity contribution in [3.63, 3.8) is 0 Å². The van der Waals surface area contributed by atoms with Crippen LogP contribution in [0.1, 0.15) is 38.5 Å². The van der Waals surface area contributed by atoms with Crippen LogP contribution in [0.15, 0.2) is 0 Å². The van der Waals surface area contributed by atoms with Gasteiger partial charge in [-0.25, -0.2) is 0 Å². The first kappa shape index (κ1) is 26.6. The van der Waals surface area contributed by atoms with Gasteiger partial charge in [-0.05, 0) is 56.3 Å². The molecule has 0 aliphatic heterocycles. The Kier molecular flexibility index (Phi) is 6.23. The van der Waals surface area contributed by atoms with E-state index in [1.807, 2.05) is 0 Å². The minimum absolute atomic E-state index is 0.00721. The number of halogens is 5. The second kappa shape index (κ2) is 7.73. The van der Waals surface area contributed by atoms with E-state index in [1.54, 1.807) is 0 Å². The Labute approximate surface area is 188 Å². The van der Waals surface area contributed by atoms with Gasteiger partial charge in [-0.3, -0.25) is 30.0 Å².